The van der Waals surface area contributed by atoms with Crippen LogP contribution in [0.1, 0.15) is 52.1 Å². The van der Waals surface area contributed by atoms with E-state index in [2.05, 4.69) is 10.3 Å². The monoisotopic (exact) mass is 370 g/mol. The molecule has 142 valence electrons. The summed E-state index contributed by atoms with van der Waals surface area (Å²) in [6, 6.07) is 8.28. The molecule has 0 bridgehead atoms. The van der Waals surface area contributed by atoms with Gasteiger partial charge >= 0.3 is 5.97 Å². The lowest BCUT2D eigenvalue weighted by molar-refractivity contribution is 0.0689. The number of rotatable bonds is 7. The van der Waals surface area contributed by atoms with Gasteiger partial charge in [0, 0.05) is 24.4 Å². The Morgan fingerprint density at radius 3 is 2.63 bits per heavy atom. The maximum Gasteiger partial charge on any atom is 0.354 e. The fourth-order valence-corrected chi connectivity index (χ4v) is 3.04. The molecule has 2 aromatic rings. The Balaban J connectivity index is 1.68. The number of carbonyl (C=O) groups is 2. The van der Waals surface area contributed by atoms with Crippen LogP contribution in [0.4, 0.5) is 0 Å². The molecule has 1 aromatic carbocycles. The first kappa shape index (κ1) is 18.7. The van der Waals surface area contributed by atoms with Crippen molar-refractivity contribution >= 4 is 11.9 Å². The van der Waals surface area contributed by atoms with E-state index in [-0.39, 0.29) is 24.2 Å². The average Bonchev–Trinajstić information content (AvgIpc) is 3.19. The lowest BCUT2D eigenvalue weighted by atomic mass is 10.1. The van der Waals surface area contributed by atoms with Crippen LogP contribution in [0.15, 0.2) is 36.5 Å². The molecule has 0 radical (unpaired) electrons. The topological polar surface area (TPSA) is 97.8 Å². The molecule has 1 heterocycles. The van der Waals surface area contributed by atoms with Gasteiger partial charge < -0.3 is 19.9 Å². The summed E-state index contributed by atoms with van der Waals surface area (Å²) in [4.78, 5) is 26.9. The van der Waals surface area contributed by atoms with E-state index in [0.29, 0.717) is 17.1 Å². The minimum Gasteiger partial charge on any atom is -0.497 e. The van der Waals surface area contributed by atoms with Crippen LogP contribution in [0.25, 0.3) is 0 Å². The molecule has 7 nitrogen and oxygen atoms in total. The zero-order valence-corrected chi connectivity index (χ0v) is 15.1. The van der Waals surface area contributed by atoms with E-state index in [9.17, 15) is 9.59 Å². The van der Waals surface area contributed by atoms with Crippen molar-refractivity contribution in [3.63, 3.8) is 0 Å². The molecule has 2 N–H and O–H groups in total. The van der Waals surface area contributed by atoms with Gasteiger partial charge in [0.25, 0.3) is 5.91 Å². The Kier molecular flexibility index (Phi) is 5.90. The molecule has 0 unspecified atom stereocenters. The molecule has 1 saturated carbocycles. The van der Waals surface area contributed by atoms with Crippen LogP contribution in [-0.4, -0.2) is 35.2 Å². The Morgan fingerprint density at radius 2 is 2.00 bits per heavy atom. The molecule has 0 aliphatic heterocycles. The van der Waals surface area contributed by atoms with Crippen LogP contribution >= 0.6 is 0 Å². The third kappa shape index (κ3) is 4.75. The average molecular weight is 370 g/mol. The number of ether oxygens (including phenoxy) is 2. The molecule has 0 spiro atoms. The number of hydrogen-bond donors (Lipinski definition) is 2. The van der Waals surface area contributed by atoms with Gasteiger partial charge in [0.2, 0.25) is 0 Å². The van der Waals surface area contributed by atoms with Crippen molar-refractivity contribution in [2.24, 2.45) is 0 Å². The van der Waals surface area contributed by atoms with Crippen molar-refractivity contribution in [1.82, 2.24) is 10.3 Å². The van der Waals surface area contributed by atoms with Crippen molar-refractivity contribution < 1.29 is 24.2 Å². The number of aromatic carboxylic acids is 1. The van der Waals surface area contributed by atoms with Gasteiger partial charge in [-0.05, 0) is 49.9 Å². The Bertz CT molecular complexity index is 814. The zero-order valence-electron chi connectivity index (χ0n) is 15.1. The summed E-state index contributed by atoms with van der Waals surface area (Å²) in [6.45, 7) is 0.283. The highest BCUT2D eigenvalue weighted by atomic mass is 16.5. The highest BCUT2D eigenvalue weighted by Gasteiger charge is 2.19. The highest BCUT2D eigenvalue weighted by molar-refractivity contribution is 5.94. The first-order valence-corrected chi connectivity index (χ1v) is 8.88. The van der Waals surface area contributed by atoms with E-state index in [1.165, 1.54) is 31.2 Å². The van der Waals surface area contributed by atoms with Crippen LogP contribution < -0.4 is 14.8 Å². The second-order valence-electron chi connectivity index (χ2n) is 6.42. The molecular weight excluding hydrogens is 348 g/mol. The molecule has 3 rings (SSSR count). The van der Waals surface area contributed by atoms with E-state index in [0.717, 1.165) is 18.4 Å². The third-order valence-corrected chi connectivity index (χ3v) is 4.55. The highest BCUT2D eigenvalue weighted by Crippen LogP contribution is 2.30. The standard InChI is InChI=1S/C20H22N2O5/c1-26-16-8-6-13(18(10-16)27-15-4-2-3-5-15)11-22-19(23)14-7-9-17(20(24)25)21-12-14/h6-10,12,15H,2-5,11H2,1H3,(H,22,23)(H,24,25). The van der Waals surface area contributed by atoms with E-state index in [4.69, 9.17) is 14.6 Å². The summed E-state index contributed by atoms with van der Waals surface area (Å²) in [5, 5.41) is 11.7. The number of nitrogens with zero attached hydrogens (tertiary/aromatic N) is 1. The van der Waals surface area contributed by atoms with Crippen LogP contribution in [0.2, 0.25) is 0 Å². The molecule has 1 amide bonds. The van der Waals surface area contributed by atoms with Gasteiger partial charge in [0.1, 0.15) is 17.2 Å². The van der Waals surface area contributed by atoms with Crippen LogP contribution in [0, 0.1) is 0 Å². The Morgan fingerprint density at radius 1 is 1.22 bits per heavy atom. The number of hydrogen-bond acceptors (Lipinski definition) is 5. The maximum absolute atomic E-state index is 12.3. The lowest BCUT2D eigenvalue weighted by Gasteiger charge is -2.18. The summed E-state index contributed by atoms with van der Waals surface area (Å²) >= 11 is 0. The van der Waals surface area contributed by atoms with Gasteiger partial charge in [-0.2, -0.15) is 0 Å². The van der Waals surface area contributed by atoms with Crippen molar-refractivity contribution in [3.05, 3.63) is 53.3 Å². The molecule has 0 atom stereocenters. The molecule has 1 aliphatic rings. The van der Waals surface area contributed by atoms with Gasteiger partial charge in [-0.3, -0.25) is 4.79 Å². The molecule has 27 heavy (non-hydrogen) atoms. The molecule has 1 aromatic heterocycles. The van der Waals surface area contributed by atoms with Gasteiger partial charge in [0.05, 0.1) is 18.8 Å². The lowest BCUT2D eigenvalue weighted by Crippen LogP contribution is -2.24. The van der Waals surface area contributed by atoms with Gasteiger partial charge in [-0.25, -0.2) is 9.78 Å². The first-order valence-electron chi connectivity index (χ1n) is 8.88. The molecule has 1 aliphatic carbocycles. The molecule has 1 fully saturated rings. The quantitative estimate of drug-likeness (QED) is 0.777. The number of amides is 1. The third-order valence-electron chi connectivity index (χ3n) is 4.55. The van der Waals surface area contributed by atoms with E-state index < -0.39 is 5.97 Å². The zero-order chi connectivity index (χ0) is 19.2. The first-order chi connectivity index (χ1) is 13.1. The number of nitrogens with one attached hydrogen (secondary N) is 1. The van der Waals surface area contributed by atoms with E-state index in [1.54, 1.807) is 7.11 Å². The van der Waals surface area contributed by atoms with Crippen molar-refractivity contribution in [3.8, 4) is 11.5 Å². The Hall–Kier alpha value is -3.09. The number of methoxy groups -OCH3 is 1. The van der Waals surface area contributed by atoms with Crippen LogP contribution in [0.5, 0.6) is 11.5 Å². The predicted octanol–water partition coefficient (Wildman–Crippen LogP) is 3.04. The predicted molar refractivity (Wildman–Crippen MR) is 98.2 cm³/mol. The van der Waals surface area contributed by atoms with Gasteiger partial charge in [-0.1, -0.05) is 0 Å². The van der Waals surface area contributed by atoms with Crippen molar-refractivity contribution in [1.29, 1.82) is 0 Å². The summed E-state index contributed by atoms with van der Waals surface area (Å²) in [5.41, 5.74) is 1.05. The summed E-state index contributed by atoms with van der Waals surface area (Å²) < 4.78 is 11.4. The molecular formula is C20H22N2O5. The van der Waals surface area contributed by atoms with Crippen LogP contribution in [-0.2, 0) is 6.54 Å². The van der Waals surface area contributed by atoms with Gasteiger partial charge in [-0.15, -0.1) is 0 Å². The molecule has 0 saturated heterocycles. The van der Waals surface area contributed by atoms with Crippen molar-refractivity contribution in [2.75, 3.05) is 7.11 Å². The normalized spacial score (nSPS) is 14.0. The maximum atomic E-state index is 12.3. The SMILES string of the molecule is COc1ccc(CNC(=O)c2ccc(C(=O)O)nc2)c(OC2CCCC2)c1. The molecule has 7 heteroatoms. The number of pyridine rings is 1. The second-order valence-corrected chi connectivity index (χ2v) is 6.42. The minimum absolute atomic E-state index is 0.103. The summed E-state index contributed by atoms with van der Waals surface area (Å²) in [6.07, 6.45) is 5.84. The fraction of sp³-hybridized carbons (Fsp3) is 0.350. The second kappa shape index (κ2) is 8.53. The van der Waals surface area contributed by atoms with Crippen molar-refractivity contribution in [2.45, 2.75) is 38.3 Å². The van der Waals surface area contributed by atoms with E-state index >= 15 is 0 Å². The summed E-state index contributed by atoms with van der Waals surface area (Å²) in [7, 11) is 1.60. The van der Waals surface area contributed by atoms with Crippen LogP contribution in [0.3, 0.4) is 0 Å². The summed E-state index contributed by atoms with van der Waals surface area (Å²) in [5.74, 6) is -0.0524. The fourth-order valence-electron chi connectivity index (χ4n) is 3.04. The minimum atomic E-state index is -1.13. The number of carboxylic acids is 1. The largest absolute Gasteiger partial charge is 0.497 e. The smallest absolute Gasteiger partial charge is 0.354 e. The van der Waals surface area contributed by atoms with Gasteiger partial charge in [0.15, 0.2) is 0 Å². The Labute approximate surface area is 157 Å². The van der Waals surface area contributed by atoms with E-state index in [1.807, 2.05) is 18.2 Å². The number of carbonyl (C=O) groups excluding carboxylic acids is 1. The number of benzene rings is 1. The number of carboxylic acid groups (broad SMARTS) is 1. The number of aromatic nitrogens is 1.